The van der Waals surface area contributed by atoms with Crippen molar-refractivity contribution in [1.82, 2.24) is 5.32 Å². The van der Waals surface area contributed by atoms with Crippen LogP contribution in [0.15, 0.2) is 30.3 Å². The highest BCUT2D eigenvalue weighted by Gasteiger charge is 2.28. The molecule has 1 aromatic carbocycles. The summed E-state index contributed by atoms with van der Waals surface area (Å²) >= 11 is 0. The summed E-state index contributed by atoms with van der Waals surface area (Å²) in [6.07, 6.45) is -0.809. The molecule has 3 N–H and O–H groups in total. The number of primary amides is 1. The number of carbonyl (C=O) groups is 3. The molecular formula is C17H24N2O5. The second-order valence-electron chi connectivity index (χ2n) is 5.38. The molecule has 0 aliphatic rings. The first-order chi connectivity index (χ1) is 11.4. The van der Waals surface area contributed by atoms with E-state index in [2.05, 4.69) is 5.32 Å². The summed E-state index contributed by atoms with van der Waals surface area (Å²) in [4.78, 5) is 35.7. The van der Waals surface area contributed by atoms with Gasteiger partial charge in [0.1, 0.15) is 6.04 Å². The monoisotopic (exact) mass is 336 g/mol. The first-order valence-corrected chi connectivity index (χ1v) is 7.74. The maximum atomic E-state index is 12.4. The second kappa shape index (κ2) is 9.67. The Hall–Kier alpha value is -2.41. The summed E-state index contributed by atoms with van der Waals surface area (Å²) in [6, 6.07) is 7.88. The maximum absolute atomic E-state index is 12.4. The van der Waals surface area contributed by atoms with Crippen LogP contribution in [0.2, 0.25) is 0 Å². The third-order valence-corrected chi connectivity index (χ3v) is 3.51. The quantitative estimate of drug-likeness (QED) is 0.652. The highest BCUT2D eigenvalue weighted by Crippen LogP contribution is 2.17. The second-order valence-corrected chi connectivity index (χ2v) is 5.38. The van der Waals surface area contributed by atoms with Gasteiger partial charge in [-0.2, -0.15) is 0 Å². The van der Waals surface area contributed by atoms with Crippen molar-refractivity contribution in [2.24, 2.45) is 11.7 Å². The Balaban J connectivity index is 2.78. The van der Waals surface area contributed by atoms with E-state index in [1.54, 1.807) is 38.1 Å². The number of benzene rings is 1. The number of methoxy groups -OCH3 is 1. The van der Waals surface area contributed by atoms with E-state index in [1.807, 2.05) is 6.07 Å². The molecule has 132 valence electrons. The Kier molecular flexibility index (Phi) is 7.91. The molecule has 0 aliphatic carbocycles. The number of carbonyl (C=O) groups excluding carboxylic acids is 3. The predicted octanol–water partition coefficient (Wildman–Crippen LogP) is 0.933. The van der Waals surface area contributed by atoms with Gasteiger partial charge in [-0.25, -0.2) is 0 Å². The first kappa shape index (κ1) is 19.6. The lowest BCUT2D eigenvalue weighted by atomic mass is 10.0. The van der Waals surface area contributed by atoms with Crippen LogP contribution >= 0.6 is 0 Å². The Bertz CT molecular complexity index is 561. The SMILES string of the molecule is CCOC(=O)[C@H](C)C[C@@H](NC(=O)[C@H](OC)c1ccccc1)C(N)=O. The molecule has 24 heavy (non-hydrogen) atoms. The van der Waals surface area contributed by atoms with Crippen LogP contribution in [-0.2, 0) is 23.9 Å². The van der Waals surface area contributed by atoms with Gasteiger partial charge in [0.2, 0.25) is 5.91 Å². The molecule has 0 spiro atoms. The van der Waals surface area contributed by atoms with Crippen LogP contribution < -0.4 is 11.1 Å². The molecular weight excluding hydrogens is 312 g/mol. The van der Waals surface area contributed by atoms with Crippen LogP contribution in [0, 0.1) is 5.92 Å². The summed E-state index contributed by atoms with van der Waals surface area (Å²) < 4.78 is 10.1. The average Bonchev–Trinajstić information content (AvgIpc) is 2.55. The van der Waals surface area contributed by atoms with E-state index in [1.165, 1.54) is 7.11 Å². The van der Waals surface area contributed by atoms with Gasteiger partial charge in [0.15, 0.2) is 6.10 Å². The lowest BCUT2D eigenvalue weighted by Crippen LogP contribution is -2.47. The first-order valence-electron chi connectivity index (χ1n) is 7.74. The van der Waals surface area contributed by atoms with Crippen molar-refractivity contribution in [3.05, 3.63) is 35.9 Å². The van der Waals surface area contributed by atoms with E-state index in [0.29, 0.717) is 5.56 Å². The van der Waals surface area contributed by atoms with Crippen LogP contribution in [0.25, 0.3) is 0 Å². The van der Waals surface area contributed by atoms with Crippen molar-refractivity contribution >= 4 is 17.8 Å². The van der Waals surface area contributed by atoms with Gasteiger partial charge >= 0.3 is 5.97 Å². The Labute approximate surface area is 141 Å². The molecule has 0 saturated heterocycles. The zero-order valence-electron chi connectivity index (χ0n) is 14.2. The van der Waals surface area contributed by atoms with Gasteiger partial charge in [-0.05, 0) is 18.9 Å². The third-order valence-electron chi connectivity index (χ3n) is 3.51. The largest absolute Gasteiger partial charge is 0.466 e. The van der Waals surface area contributed by atoms with Crippen molar-refractivity contribution in [3.63, 3.8) is 0 Å². The zero-order chi connectivity index (χ0) is 18.1. The van der Waals surface area contributed by atoms with Gasteiger partial charge in [0.25, 0.3) is 5.91 Å². The molecule has 0 saturated carbocycles. The number of esters is 1. The van der Waals surface area contributed by atoms with Crippen LogP contribution in [0.4, 0.5) is 0 Å². The van der Waals surface area contributed by atoms with Crippen LogP contribution in [0.1, 0.15) is 31.9 Å². The summed E-state index contributed by atoms with van der Waals surface area (Å²) in [5.41, 5.74) is 5.99. The Morgan fingerprint density at radius 3 is 2.33 bits per heavy atom. The summed E-state index contributed by atoms with van der Waals surface area (Å²) in [5.74, 6) is -2.23. The number of hydrogen-bond acceptors (Lipinski definition) is 5. The molecule has 7 heteroatoms. The molecule has 0 heterocycles. The average molecular weight is 336 g/mol. The van der Waals surface area contributed by atoms with Gasteiger partial charge in [-0.15, -0.1) is 0 Å². The summed E-state index contributed by atoms with van der Waals surface area (Å²) in [6.45, 7) is 3.56. The van der Waals surface area contributed by atoms with Crippen molar-refractivity contribution in [2.45, 2.75) is 32.4 Å². The molecule has 0 aliphatic heterocycles. The minimum atomic E-state index is -0.988. The molecule has 2 amide bonds. The van der Waals surface area contributed by atoms with Gasteiger partial charge in [0.05, 0.1) is 12.5 Å². The van der Waals surface area contributed by atoms with E-state index >= 15 is 0 Å². The normalized spacial score (nSPS) is 14.3. The summed E-state index contributed by atoms with van der Waals surface area (Å²) in [7, 11) is 1.40. The van der Waals surface area contributed by atoms with Crippen LogP contribution in [0.5, 0.6) is 0 Å². The highest BCUT2D eigenvalue weighted by molar-refractivity contribution is 5.89. The number of ether oxygens (including phenoxy) is 2. The number of nitrogens with two attached hydrogens (primary N) is 1. The fourth-order valence-corrected chi connectivity index (χ4v) is 2.25. The van der Waals surface area contributed by atoms with E-state index < -0.39 is 35.8 Å². The predicted molar refractivity (Wildman–Crippen MR) is 87.7 cm³/mol. The standard InChI is InChI=1S/C17H24N2O5/c1-4-24-17(22)11(2)10-13(15(18)20)19-16(21)14(23-3)12-8-6-5-7-9-12/h5-9,11,13-14H,4,10H2,1-3H3,(H2,18,20)(H,19,21)/t11-,13-,14-/m1/s1. The topological polar surface area (TPSA) is 108 Å². The number of nitrogens with one attached hydrogen (secondary N) is 1. The zero-order valence-corrected chi connectivity index (χ0v) is 14.2. The molecule has 0 bridgehead atoms. The number of hydrogen-bond donors (Lipinski definition) is 2. The van der Waals surface area contributed by atoms with E-state index in [0.717, 1.165) is 0 Å². The van der Waals surface area contributed by atoms with Crippen molar-refractivity contribution in [3.8, 4) is 0 Å². The molecule has 1 aromatic rings. The lowest BCUT2D eigenvalue weighted by molar-refractivity contribution is -0.148. The van der Waals surface area contributed by atoms with Crippen LogP contribution in [0.3, 0.4) is 0 Å². The lowest BCUT2D eigenvalue weighted by Gasteiger charge is -2.22. The maximum Gasteiger partial charge on any atom is 0.308 e. The minimum absolute atomic E-state index is 0.0606. The van der Waals surface area contributed by atoms with Gasteiger partial charge in [-0.1, -0.05) is 37.3 Å². The molecule has 1 rings (SSSR count). The smallest absolute Gasteiger partial charge is 0.308 e. The molecule has 7 nitrogen and oxygen atoms in total. The molecule has 0 radical (unpaired) electrons. The van der Waals surface area contributed by atoms with E-state index in [-0.39, 0.29) is 13.0 Å². The third kappa shape index (κ3) is 5.66. The molecule has 0 fully saturated rings. The van der Waals surface area contributed by atoms with Crippen molar-refractivity contribution in [2.75, 3.05) is 13.7 Å². The van der Waals surface area contributed by atoms with Gasteiger partial charge in [-0.3, -0.25) is 14.4 Å². The molecule has 0 aromatic heterocycles. The Morgan fingerprint density at radius 2 is 1.83 bits per heavy atom. The van der Waals surface area contributed by atoms with Crippen LogP contribution in [-0.4, -0.2) is 37.5 Å². The Morgan fingerprint density at radius 1 is 1.21 bits per heavy atom. The van der Waals surface area contributed by atoms with Gasteiger partial charge < -0.3 is 20.5 Å². The number of amides is 2. The van der Waals surface area contributed by atoms with Crippen molar-refractivity contribution in [1.29, 1.82) is 0 Å². The highest BCUT2D eigenvalue weighted by atomic mass is 16.5. The van der Waals surface area contributed by atoms with E-state index in [9.17, 15) is 14.4 Å². The molecule has 0 unspecified atom stereocenters. The van der Waals surface area contributed by atoms with Crippen molar-refractivity contribution < 1.29 is 23.9 Å². The number of rotatable bonds is 9. The van der Waals surface area contributed by atoms with E-state index in [4.69, 9.17) is 15.2 Å². The fourth-order valence-electron chi connectivity index (χ4n) is 2.25. The fraction of sp³-hybridized carbons (Fsp3) is 0.471. The van der Waals surface area contributed by atoms with Gasteiger partial charge in [0, 0.05) is 7.11 Å². The molecule has 3 atom stereocenters. The minimum Gasteiger partial charge on any atom is -0.466 e. The summed E-state index contributed by atoms with van der Waals surface area (Å²) in [5, 5.41) is 2.55.